The van der Waals surface area contributed by atoms with Gasteiger partial charge in [0.05, 0.1) is 24.5 Å². The van der Waals surface area contributed by atoms with E-state index < -0.39 is 0 Å². The van der Waals surface area contributed by atoms with Crippen molar-refractivity contribution in [3.63, 3.8) is 0 Å². The summed E-state index contributed by atoms with van der Waals surface area (Å²) < 4.78 is 7.52. The Bertz CT molecular complexity index is 1010. The number of para-hydroxylation sites is 1. The lowest BCUT2D eigenvalue weighted by Gasteiger charge is -2.09. The van der Waals surface area contributed by atoms with Gasteiger partial charge in [-0.3, -0.25) is 4.79 Å². The molecule has 2 atom stereocenters. The SMILES string of the molecule is COc1ccccc1-c1cc2cc(NC(=O)[C@H]3C[C@H]3C=O)ncc2n1C. The van der Waals surface area contributed by atoms with E-state index in [1.807, 2.05) is 37.4 Å². The van der Waals surface area contributed by atoms with E-state index in [0.29, 0.717) is 12.2 Å². The molecule has 1 amide bonds. The van der Waals surface area contributed by atoms with Gasteiger partial charge in [-0.1, -0.05) is 12.1 Å². The summed E-state index contributed by atoms with van der Waals surface area (Å²) >= 11 is 0. The zero-order valence-corrected chi connectivity index (χ0v) is 14.6. The van der Waals surface area contributed by atoms with Crippen LogP contribution in [0.25, 0.3) is 22.2 Å². The average Bonchev–Trinajstić information content (AvgIpc) is 3.39. The van der Waals surface area contributed by atoms with Gasteiger partial charge < -0.3 is 19.4 Å². The van der Waals surface area contributed by atoms with E-state index >= 15 is 0 Å². The van der Waals surface area contributed by atoms with Crippen LogP contribution in [0.4, 0.5) is 5.82 Å². The molecule has 0 bridgehead atoms. The fourth-order valence-corrected chi connectivity index (χ4v) is 3.30. The fourth-order valence-electron chi connectivity index (χ4n) is 3.30. The Kier molecular flexibility index (Phi) is 3.95. The molecule has 4 rings (SSSR count). The van der Waals surface area contributed by atoms with Crippen molar-refractivity contribution < 1.29 is 14.3 Å². The van der Waals surface area contributed by atoms with E-state index in [1.54, 1.807) is 13.3 Å². The molecular weight excluding hydrogens is 330 g/mol. The largest absolute Gasteiger partial charge is 0.496 e. The second kappa shape index (κ2) is 6.29. The molecule has 1 aliphatic rings. The van der Waals surface area contributed by atoms with Crippen molar-refractivity contribution in [2.24, 2.45) is 18.9 Å². The summed E-state index contributed by atoms with van der Waals surface area (Å²) in [5, 5.41) is 3.78. The molecule has 0 spiro atoms. The van der Waals surface area contributed by atoms with Gasteiger partial charge in [0.15, 0.2) is 0 Å². The number of hydrogen-bond donors (Lipinski definition) is 1. The number of carbonyl (C=O) groups excluding carboxylic acids is 2. The maximum Gasteiger partial charge on any atom is 0.229 e. The fraction of sp³-hybridized carbons (Fsp3) is 0.250. The molecule has 0 radical (unpaired) electrons. The van der Waals surface area contributed by atoms with Crippen molar-refractivity contribution in [1.82, 2.24) is 9.55 Å². The lowest BCUT2D eigenvalue weighted by Crippen LogP contribution is -2.15. The molecule has 1 N–H and O–H groups in total. The summed E-state index contributed by atoms with van der Waals surface area (Å²) in [4.78, 5) is 27.2. The maximum absolute atomic E-state index is 12.1. The third-order valence-corrected chi connectivity index (χ3v) is 4.91. The zero-order chi connectivity index (χ0) is 18.3. The van der Waals surface area contributed by atoms with Crippen LogP contribution in [0.3, 0.4) is 0 Å². The minimum absolute atomic E-state index is 0.144. The molecule has 132 valence electrons. The highest BCUT2D eigenvalue weighted by molar-refractivity contribution is 5.98. The van der Waals surface area contributed by atoms with Gasteiger partial charge in [0.2, 0.25) is 5.91 Å². The van der Waals surface area contributed by atoms with Crippen LogP contribution < -0.4 is 10.1 Å². The second-order valence-corrected chi connectivity index (χ2v) is 6.55. The van der Waals surface area contributed by atoms with Crippen LogP contribution in [0, 0.1) is 11.8 Å². The molecule has 0 unspecified atom stereocenters. The summed E-state index contributed by atoms with van der Waals surface area (Å²) in [6.45, 7) is 0. The number of carbonyl (C=O) groups is 2. The number of aldehydes is 1. The predicted octanol–water partition coefficient (Wildman–Crippen LogP) is 3.02. The van der Waals surface area contributed by atoms with Gasteiger partial charge in [-0.2, -0.15) is 0 Å². The first kappa shape index (κ1) is 16.3. The first-order chi connectivity index (χ1) is 12.6. The maximum atomic E-state index is 12.1. The first-order valence-corrected chi connectivity index (χ1v) is 8.47. The standard InChI is InChI=1S/C20H19N3O3/c1-23-16(14-5-3-4-6-18(14)26-2)8-12-9-19(21-10-17(12)23)22-20(25)15-7-13(15)11-24/h3-6,8-11,13,15H,7H2,1-2H3,(H,21,22,25)/t13-,15-/m0/s1. The molecule has 3 aromatic rings. The molecule has 2 heterocycles. The molecular formula is C20H19N3O3. The number of nitrogens with zero attached hydrogens (tertiary/aromatic N) is 2. The number of benzene rings is 1. The number of aryl methyl sites for hydroxylation is 1. The van der Waals surface area contributed by atoms with Crippen molar-refractivity contribution in [2.45, 2.75) is 6.42 Å². The van der Waals surface area contributed by atoms with Crippen molar-refractivity contribution in [3.8, 4) is 17.0 Å². The molecule has 1 aromatic carbocycles. The van der Waals surface area contributed by atoms with E-state index in [1.165, 1.54) is 0 Å². The first-order valence-electron chi connectivity index (χ1n) is 8.47. The van der Waals surface area contributed by atoms with Gasteiger partial charge >= 0.3 is 0 Å². The van der Waals surface area contributed by atoms with Crippen LogP contribution in [-0.2, 0) is 16.6 Å². The lowest BCUT2D eigenvalue weighted by molar-refractivity contribution is -0.119. The molecule has 26 heavy (non-hydrogen) atoms. The number of methoxy groups -OCH3 is 1. The number of amides is 1. The Hall–Kier alpha value is -3.15. The van der Waals surface area contributed by atoms with Gasteiger partial charge in [-0.05, 0) is 30.7 Å². The summed E-state index contributed by atoms with van der Waals surface area (Å²) in [7, 11) is 3.63. The van der Waals surface area contributed by atoms with Crippen LogP contribution in [-0.4, -0.2) is 28.9 Å². The van der Waals surface area contributed by atoms with E-state index in [2.05, 4.69) is 20.9 Å². The quantitative estimate of drug-likeness (QED) is 0.719. The van der Waals surface area contributed by atoms with Gasteiger partial charge in [0.25, 0.3) is 0 Å². The third-order valence-electron chi connectivity index (χ3n) is 4.91. The Morgan fingerprint density at radius 3 is 2.88 bits per heavy atom. The summed E-state index contributed by atoms with van der Waals surface area (Å²) in [6, 6.07) is 11.7. The minimum atomic E-state index is -0.218. The van der Waals surface area contributed by atoms with Crippen LogP contribution in [0.2, 0.25) is 0 Å². The molecule has 1 aliphatic carbocycles. The Balaban J connectivity index is 1.67. The second-order valence-electron chi connectivity index (χ2n) is 6.55. The predicted molar refractivity (Wildman–Crippen MR) is 99.0 cm³/mol. The van der Waals surface area contributed by atoms with Crippen LogP contribution in [0.1, 0.15) is 6.42 Å². The topological polar surface area (TPSA) is 73.2 Å². The number of anilines is 1. The number of aromatic nitrogens is 2. The van der Waals surface area contributed by atoms with Crippen molar-refractivity contribution in [2.75, 3.05) is 12.4 Å². The normalized spacial score (nSPS) is 18.5. The van der Waals surface area contributed by atoms with Gasteiger partial charge in [-0.15, -0.1) is 0 Å². The number of nitrogens with one attached hydrogen (secondary N) is 1. The van der Waals surface area contributed by atoms with Gasteiger partial charge in [-0.25, -0.2) is 4.98 Å². The minimum Gasteiger partial charge on any atom is -0.496 e. The number of rotatable bonds is 5. The van der Waals surface area contributed by atoms with E-state index in [9.17, 15) is 9.59 Å². The van der Waals surface area contributed by atoms with Crippen molar-refractivity contribution in [3.05, 3.63) is 42.6 Å². The Morgan fingerprint density at radius 1 is 1.35 bits per heavy atom. The highest BCUT2D eigenvalue weighted by atomic mass is 16.5. The Morgan fingerprint density at radius 2 is 2.15 bits per heavy atom. The number of ether oxygens (including phenoxy) is 1. The monoisotopic (exact) mass is 349 g/mol. The average molecular weight is 349 g/mol. The molecule has 0 aliphatic heterocycles. The van der Waals surface area contributed by atoms with Crippen LogP contribution in [0.5, 0.6) is 5.75 Å². The molecule has 2 aromatic heterocycles. The van der Waals surface area contributed by atoms with Gasteiger partial charge in [0.1, 0.15) is 17.9 Å². The lowest BCUT2D eigenvalue weighted by atomic mass is 10.1. The summed E-state index contributed by atoms with van der Waals surface area (Å²) in [5.74, 6) is 0.789. The molecule has 6 heteroatoms. The van der Waals surface area contributed by atoms with Crippen LogP contribution >= 0.6 is 0 Å². The van der Waals surface area contributed by atoms with E-state index in [4.69, 9.17) is 4.74 Å². The van der Waals surface area contributed by atoms with E-state index in [-0.39, 0.29) is 17.7 Å². The number of fused-ring (bicyclic) bond motifs is 1. The smallest absolute Gasteiger partial charge is 0.229 e. The van der Waals surface area contributed by atoms with Crippen LogP contribution in [0.15, 0.2) is 42.6 Å². The molecule has 1 saturated carbocycles. The summed E-state index contributed by atoms with van der Waals surface area (Å²) in [6.07, 6.45) is 3.21. The number of pyridine rings is 1. The summed E-state index contributed by atoms with van der Waals surface area (Å²) in [5.41, 5.74) is 2.96. The van der Waals surface area contributed by atoms with Crippen molar-refractivity contribution in [1.29, 1.82) is 0 Å². The third kappa shape index (κ3) is 2.73. The zero-order valence-electron chi connectivity index (χ0n) is 14.6. The van der Waals surface area contributed by atoms with Crippen molar-refractivity contribution >= 4 is 28.9 Å². The molecule has 0 saturated heterocycles. The van der Waals surface area contributed by atoms with Gasteiger partial charge in [0, 0.05) is 29.8 Å². The molecule has 1 fully saturated rings. The number of hydrogen-bond acceptors (Lipinski definition) is 4. The molecule has 6 nitrogen and oxygen atoms in total. The highest BCUT2D eigenvalue weighted by Crippen LogP contribution is 2.38. The highest BCUT2D eigenvalue weighted by Gasteiger charge is 2.42. The van der Waals surface area contributed by atoms with E-state index in [0.717, 1.165) is 34.2 Å². The Labute approximate surface area is 150 Å².